The molecule has 1 aliphatic carbocycles. The second-order valence-electron chi connectivity index (χ2n) is 3.86. The number of thiocarbonyl (C=S) groups is 1. The molecule has 2 aliphatic rings. The quantitative estimate of drug-likeness (QED) is 0.701. The van der Waals surface area contributed by atoms with Crippen molar-refractivity contribution in [2.75, 3.05) is 5.32 Å². The number of nitrogens with one attached hydrogen (secondary N) is 1. The molecule has 0 saturated heterocycles. The van der Waals surface area contributed by atoms with Gasteiger partial charge in [0.2, 0.25) is 0 Å². The number of fused-ring (bicyclic) bond motifs is 2. The van der Waals surface area contributed by atoms with Crippen LogP contribution in [-0.4, -0.2) is 10.2 Å². The molecule has 1 heterocycles. The van der Waals surface area contributed by atoms with Gasteiger partial charge in [0.25, 0.3) is 0 Å². The van der Waals surface area contributed by atoms with E-state index in [2.05, 4.69) is 47.8 Å². The zero-order valence-corrected chi connectivity index (χ0v) is 10.2. The molecule has 0 bridgehead atoms. The number of para-hydroxylation sites is 1. The predicted molar refractivity (Wildman–Crippen MR) is 74.1 cm³/mol. The van der Waals surface area contributed by atoms with Crippen LogP contribution in [0.2, 0.25) is 0 Å². The largest absolute Gasteiger partial charge is 0.349 e. The fourth-order valence-corrected chi connectivity index (χ4v) is 3.63. The molecule has 3 rings (SSSR count). The van der Waals surface area contributed by atoms with Crippen molar-refractivity contribution in [1.29, 1.82) is 0 Å². The SMILES string of the molecule is S=C1Nc2ccccc2SC2C=CC=CC12. The van der Waals surface area contributed by atoms with Gasteiger partial charge in [-0.2, -0.15) is 0 Å². The average Bonchev–Trinajstić information content (AvgIpc) is 2.45. The highest BCUT2D eigenvalue weighted by atomic mass is 32.2. The van der Waals surface area contributed by atoms with E-state index in [1.807, 2.05) is 17.8 Å². The Hall–Kier alpha value is -1.06. The van der Waals surface area contributed by atoms with E-state index in [0.717, 1.165) is 10.7 Å². The first-order chi connectivity index (χ1) is 7.84. The topological polar surface area (TPSA) is 12.0 Å². The van der Waals surface area contributed by atoms with E-state index in [1.54, 1.807) is 0 Å². The van der Waals surface area contributed by atoms with Crippen molar-refractivity contribution in [1.82, 2.24) is 0 Å². The van der Waals surface area contributed by atoms with Gasteiger partial charge in [-0.25, -0.2) is 0 Å². The number of thioether (sulfide) groups is 1. The summed E-state index contributed by atoms with van der Waals surface area (Å²) in [5.41, 5.74) is 1.13. The van der Waals surface area contributed by atoms with Gasteiger partial charge in [-0.15, -0.1) is 11.8 Å². The first-order valence-electron chi connectivity index (χ1n) is 5.26. The van der Waals surface area contributed by atoms with Crippen LogP contribution < -0.4 is 5.32 Å². The third kappa shape index (κ3) is 1.70. The van der Waals surface area contributed by atoms with Crippen molar-refractivity contribution < 1.29 is 0 Å². The van der Waals surface area contributed by atoms with Crippen LogP contribution in [0.3, 0.4) is 0 Å². The van der Waals surface area contributed by atoms with Crippen LogP contribution in [0.4, 0.5) is 5.69 Å². The molecule has 1 aliphatic heterocycles. The van der Waals surface area contributed by atoms with E-state index in [0.29, 0.717) is 11.2 Å². The first-order valence-corrected chi connectivity index (χ1v) is 6.55. The van der Waals surface area contributed by atoms with Crippen LogP contribution in [0.15, 0.2) is 53.5 Å². The standard InChI is InChI=1S/C13H11NS2/c15-13-9-5-1-3-7-11(9)16-12-8-4-2-6-10(12)14-13/h1-9,11H,(H,14,15). The van der Waals surface area contributed by atoms with E-state index in [9.17, 15) is 0 Å². The summed E-state index contributed by atoms with van der Waals surface area (Å²) in [5, 5.41) is 3.77. The minimum Gasteiger partial charge on any atom is -0.349 e. The van der Waals surface area contributed by atoms with Crippen LogP contribution in [-0.2, 0) is 0 Å². The van der Waals surface area contributed by atoms with Crippen molar-refractivity contribution in [3.05, 3.63) is 48.6 Å². The predicted octanol–water partition coefficient (Wildman–Crippen LogP) is 3.64. The molecule has 0 amide bonds. The van der Waals surface area contributed by atoms with E-state index < -0.39 is 0 Å². The molecule has 0 saturated carbocycles. The zero-order valence-electron chi connectivity index (χ0n) is 8.59. The van der Waals surface area contributed by atoms with E-state index in [-0.39, 0.29) is 0 Å². The second-order valence-corrected chi connectivity index (χ2v) is 5.52. The highest BCUT2D eigenvalue weighted by Gasteiger charge is 2.27. The van der Waals surface area contributed by atoms with Gasteiger partial charge >= 0.3 is 0 Å². The Kier molecular flexibility index (Phi) is 2.58. The van der Waals surface area contributed by atoms with Crippen LogP contribution in [0.1, 0.15) is 0 Å². The fraction of sp³-hybridized carbons (Fsp3) is 0.154. The maximum Gasteiger partial charge on any atom is 0.0881 e. The van der Waals surface area contributed by atoms with Crippen molar-refractivity contribution in [2.24, 2.45) is 5.92 Å². The molecule has 0 spiro atoms. The van der Waals surface area contributed by atoms with Crippen molar-refractivity contribution in [3.8, 4) is 0 Å². The smallest absolute Gasteiger partial charge is 0.0881 e. The van der Waals surface area contributed by atoms with Crippen molar-refractivity contribution >= 4 is 34.7 Å². The lowest BCUT2D eigenvalue weighted by Gasteiger charge is -2.20. The Labute approximate surface area is 105 Å². The first kappa shape index (κ1) is 10.1. The molecular formula is C13H11NS2. The minimum absolute atomic E-state index is 0.317. The van der Waals surface area contributed by atoms with Gasteiger partial charge in [0, 0.05) is 16.1 Å². The van der Waals surface area contributed by atoms with Gasteiger partial charge < -0.3 is 5.32 Å². The summed E-state index contributed by atoms with van der Waals surface area (Å²) in [5.74, 6) is 0.317. The number of benzene rings is 1. The average molecular weight is 245 g/mol. The van der Waals surface area contributed by atoms with Crippen LogP contribution in [0.25, 0.3) is 0 Å². The van der Waals surface area contributed by atoms with E-state index in [4.69, 9.17) is 12.2 Å². The summed E-state index contributed by atoms with van der Waals surface area (Å²) in [6.07, 6.45) is 8.58. The molecule has 1 N–H and O–H groups in total. The third-order valence-electron chi connectivity index (χ3n) is 2.80. The highest BCUT2D eigenvalue weighted by Crippen LogP contribution is 2.39. The fourth-order valence-electron chi connectivity index (χ4n) is 1.97. The van der Waals surface area contributed by atoms with Crippen LogP contribution >= 0.6 is 24.0 Å². The summed E-state index contributed by atoms with van der Waals surface area (Å²) in [7, 11) is 0. The molecule has 3 heteroatoms. The van der Waals surface area contributed by atoms with Gasteiger partial charge in [-0.1, -0.05) is 48.7 Å². The molecule has 2 atom stereocenters. The number of hydrogen-bond donors (Lipinski definition) is 1. The summed E-state index contributed by atoms with van der Waals surface area (Å²) in [6, 6.07) is 8.33. The Bertz CT molecular complexity index is 490. The summed E-state index contributed by atoms with van der Waals surface area (Å²) < 4.78 is 0. The van der Waals surface area contributed by atoms with E-state index in [1.165, 1.54) is 4.90 Å². The molecule has 1 aromatic carbocycles. The third-order valence-corrected chi connectivity index (χ3v) is 4.50. The summed E-state index contributed by atoms with van der Waals surface area (Å²) in [6.45, 7) is 0. The van der Waals surface area contributed by atoms with Gasteiger partial charge in [0.1, 0.15) is 0 Å². The summed E-state index contributed by atoms with van der Waals surface area (Å²) >= 11 is 7.33. The summed E-state index contributed by atoms with van der Waals surface area (Å²) in [4.78, 5) is 2.19. The molecule has 1 aromatic rings. The molecule has 1 nitrogen and oxygen atoms in total. The van der Waals surface area contributed by atoms with Gasteiger partial charge in [-0.05, 0) is 12.1 Å². The second kappa shape index (κ2) is 4.07. The lowest BCUT2D eigenvalue weighted by atomic mass is 10.00. The lowest BCUT2D eigenvalue weighted by Crippen LogP contribution is -2.26. The molecule has 0 radical (unpaired) electrons. The number of rotatable bonds is 0. The minimum atomic E-state index is 0.317. The normalized spacial score (nSPS) is 26.6. The Morgan fingerprint density at radius 2 is 1.94 bits per heavy atom. The molecule has 2 unspecified atom stereocenters. The Balaban J connectivity index is 2.04. The molecular weight excluding hydrogens is 234 g/mol. The molecule has 0 aromatic heterocycles. The van der Waals surface area contributed by atoms with Crippen LogP contribution in [0.5, 0.6) is 0 Å². The van der Waals surface area contributed by atoms with Crippen LogP contribution in [0, 0.1) is 5.92 Å². The number of allylic oxidation sites excluding steroid dienone is 2. The van der Waals surface area contributed by atoms with Gasteiger partial charge in [-0.3, -0.25) is 0 Å². The monoisotopic (exact) mass is 245 g/mol. The highest BCUT2D eigenvalue weighted by molar-refractivity contribution is 8.00. The molecule has 16 heavy (non-hydrogen) atoms. The van der Waals surface area contributed by atoms with Crippen molar-refractivity contribution in [3.63, 3.8) is 0 Å². The Morgan fingerprint density at radius 3 is 2.88 bits per heavy atom. The zero-order chi connectivity index (χ0) is 11.0. The number of hydrogen-bond acceptors (Lipinski definition) is 2. The van der Waals surface area contributed by atoms with Gasteiger partial charge in [0.15, 0.2) is 0 Å². The van der Waals surface area contributed by atoms with Gasteiger partial charge in [0.05, 0.1) is 10.7 Å². The molecule has 80 valence electrons. The lowest BCUT2D eigenvalue weighted by molar-refractivity contribution is 0.903. The number of anilines is 1. The maximum absolute atomic E-state index is 5.46. The van der Waals surface area contributed by atoms with E-state index >= 15 is 0 Å². The maximum atomic E-state index is 5.46. The Morgan fingerprint density at radius 1 is 1.12 bits per heavy atom. The van der Waals surface area contributed by atoms with Crippen molar-refractivity contribution in [2.45, 2.75) is 10.1 Å². The molecule has 0 fully saturated rings.